The van der Waals surface area contributed by atoms with Crippen LogP contribution in [0.25, 0.3) is 0 Å². The van der Waals surface area contributed by atoms with Crippen molar-refractivity contribution >= 4 is 22.3 Å². The minimum absolute atomic E-state index is 0.0565. The van der Waals surface area contributed by atoms with Gasteiger partial charge in [-0.05, 0) is 74.5 Å². The van der Waals surface area contributed by atoms with E-state index in [4.69, 9.17) is 23.7 Å². The number of carbonyl (C=O) groups is 2. The SMILES string of the molecule is CCCCCCCCCCCCCCCCCC(=O)O[C@@H]1C(OC(=O)[C@@H](C)C[C@@H](C)C[C@@H](C)C[C@@H](C)C[C@@H](C)C[C@@H](C)C(O)CCCCCCCCCCCCCCC)[C@H](O)C(CO)O[C@@H]1O[C@H]1OC(CO)[C@@H](O)C(O)[C@@H]1OS(=O)(=O)O. The van der Waals surface area contributed by atoms with Gasteiger partial charge >= 0.3 is 22.3 Å². The Labute approximate surface area is 497 Å². The largest absolute Gasteiger partial charge is 0.455 e. The van der Waals surface area contributed by atoms with Crippen LogP contribution in [-0.4, -0.2) is 136 Å². The summed E-state index contributed by atoms with van der Waals surface area (Å²) in [6.45, 7) is 15.5. The minimum atomic E-state index is -5.32. The van der Waals surface area contributed by atoms with E-state index < -0.39 is 103 Å². The summed E-state index contributed by atoms with van der Waals surface area (Å²) in [6, 6.07) is 0. The van der Waals surface area contributed by atoms with E-state index in [1.54, 1.807) is 6.92 Å². The molecule has 2 rings (SSSR count). The van der Waals surface area contributed by atoms with E-state index in [1.165, 1.54) is 135 Å². The molecule has 2 fully saturated rings. The molecule has 2 aliphatic heterocycles. The molecule has 5 unspecified atom stereocenters. The molecular formula is C64H122O17S. The first-order valence-electron chi connectivity index (χ1n) is 33.1. The molecule has 17 atom stereocenters. The van der Waals surface area contributed by atoms with Gasteiger partial charge in [0.1, 0.15) is 30.5 Å². The molecule has 486 valence electrons. The fourth-order valence-electron chi connectivity index (χ4n) is 12.6. The van der Waals surface area contributed by atoms with E-state index in [-0.39, 0.29) is 24.4 Å². The van der Waals surface area contributed by atoms with Crippen LogP contribution < -0.4 is 0 Å². The zero-order chi connectivity index (χ0) is 60.9. The molecule has 2 aliphatic rings. The van der Waals surface area contributed by atoms with Gasteiger partial charge in [0, 0.05) is 6.42 Å². The summed E-state index contributed by atoms with van der Waals surface area (Å²) in [4.78, 5) is 27.7. The third kappa shape index (κ3) is 33.0. The van der Waals surface area contributed by atoms with Crippen LogP contribution in [0, 0.1) is 35.5 Å². The highest BCUT2D eigenvalue weighted by molar-refractivity contribution is 7.80. The zero-order valence-electron chi connectivity index (χ0n) is 52.6. The van der Waals surface area contributed by atoms with Crippen molar-refractivity contribution in [3.63, 3.8) is 0 Å². The van der Waals surface area contributed by atoms with Crippen molar-refractivity contribution in [1.29, 1.82) is 0 Å². The molecule has 7 N–H and O–H groups in total. The molecule has 0 aliphatic carbocycles. The number of esters is 2. The molecule has 17 nitrogen and oxygen atoms in total. The van der Waals surface area contributed by atoms with E-state index in [0.717, 1.165) is 70.6 Å². The van der Waals surface area contributed by atoms with Gasteiger partial charge in [-0.15, -0.1) is 0 Å². The van der Waals surface area contributed by atoms with Crippen LogP contribution in [-0.2, 0) is 47.9 Å². The van der Waals surface area contributed by atoms with Gasteiger partial charge in [0.2, 0.25) is 6.29 Å². The number of aliphatic hydroxyl groups excluding tert-OH is 6. The second kappa shape index (κ2) is 44.8. The molecular weight excluding hydrogens is 1070 g/mol. The second-order valence-corrected chi connectivity index (χ2v) is 26.7. The predicted octanol–water partition coefficient (Wildman–Crippen LogP) is 12.4. The normalized spacial score (nSPS) is 25.9. The van der Waals surface area contributed by atoms with Crippen molar-refractivity contribution in [2.75, 3.05) is 13.2 Å². The highest BCUT2D eigenvalue weighted by Crippen LogP contribution is 2.35. The van der Waals surface area contributed by atoms with Crippen LogP contribution in [0.5, 0.6) is 0 Å². The molecule has 2 heterocycles. The Bertz CT molecular complexity index is 1710. The lowest BCUT2D eigenvalue weighted by atomic mass is 9.81. The summed E-state index contributed by atoms with van der Waals surface area (Å²) >= 11 is 0. The first-order chi connectivity index (χ1) is 39.1. The standard InChI is InChI=1S/C64H122O17S/c1-9-11-13-15-17-19-21-23-24-26-28-30-32-34-36-38-55(68)78-61-59(57(70)54(45-66)77-64(61)80-63-60(81-82(73,74)75)58(71)56(69)53(44-65)76-63)79-62(72)51(8)43-49(6)41-47(4)39-46(3)40-48(5)42-50(7)52(67)37-35-33-31-29-27-25-22-20-18-16-14-12-10-2/h46-54,56-61,63-67,69-71H,9-45H2,1-8H3,(H,73,74,75)/t46-,47+,48-,49+,50-,51+,52?,53?,54?,56-,57-,58?,59?,60+,61-,63-,64-/m1/s1. The molecule has 82 heavy (non-hydrogen) atoms. The monoisotopic (exact) mass is 1190 g/mol. The van der Waals surface area contributed by atoms with Gasteiger partial charge < -0.3 is 54.3 Å². The van der Waals surface area contributed by atoms with Gasteiger partial charge in [0.05, 0.1) is 25.2 Å². The number of carbonyl (C=O) groups excluding carboxylic acids is 2. The number of hydrogen-bond acceptors (Lipinski definition) is 16. The fourth-order valence-corrected chi connectivity index (χ4v) is 13.1. The van der Waals surface area contributed by atoms with Crippen LogP contribution in [0.15, 0.2) is 0 Å². The summed E-state index contributed by atoms with van der Waals surface area (Å²) < 4.78 is 67.3. The Kier molecular flexibility index (Phi) is 41.8. The van der Waals surface area contributed by atoms with Crippen molar-refractivity contribution < 1.29 is 81.1 Å². The van der Waals surface area contributed by atoms with Gasteiger partial charge in [-0.3, -0.25) is 14.1 Å². The van der Waals surface area contributed by atoms with E-state index in [9.17, 15) is 53.2 Å². The Hall–Kier alpha value is -1.55. The van der Waals surface area contributed by atoms with E-state index in [1.807, 2.05) is 0 Å². The van der Waals surface area contributed by atoms with Gasteiger partial charge in [-0.25, -0.2) is 4.18 Å². The van der Waals surface area contributed by atoms with E-state index >= 15 is 0 Å². The van der Waals surface area contributed by atoms with Crippen LogP contribution in [0.4, 0.5) is 0 Å². The number of unbranched alkanes of at least 4 members (excludes halogenated alkanes) is 26. The smallest absolute Gasteiger partial charge is 0.397 e. The lowest BCUT2D eigenvalue weighted by Gasteiger charge is -2.46. The number of hydrogen-bond donors (Lipinski definition) is 7. The Morgan fingerprint density at radius 1 is 0.476 bits per heavy atom. The fraction of sp³-hybridized carbons (Fsp3) is 0.969. The summed E-state index contributed by atoms with van der Waals surface area (Å²) in [6.07, 6.45) is 20.5. The predicted molar refractivity (Wildman–Crippen MR) is 321 cm³/mol. The maximum absolute atomic E-state index is 14.0. The average molecular weight is 1200 g/mol. The van der Waals surface area contributed by atoms with Gasteiger partial charge in [-0.1, -0.05) is 229 Å². The summed E-state index contributed by atoms with van der Waals surface area (Å²) in [7, 11) is -5.32. The van der Waals surface area contributed by atoms with E-state index in [2.05, 4.69) is 52.6 Å². The third-order valence-electron chi connectivity index (χ3n) is 17.2. The summed E-state index contributed by atoms with van der Waals surface area (Å²) in [5, 5.41) is 64.3. The van der Waals surface area contributed by atoms with Crippen molar-refractivity contribution in [1.82, 2.24) is 0 Å². The minimum Gasteiger partial charge on any atom is -0.455 e. The first kappa shape index (κ1) is 76.5. The molecule has 18 heteroatoms. The summed E-state index contributed by atoms with van der Waals surface area (Å²) in [5.41, 5.74) is 0. The topological polar surface area (TPSA) is 265 Å². The number of ether oxygens (including phenoxy) is 5. The van der Waals surface area contributed by atoms with Gasteiger partial charge in [-0.2, -0.15) is 8.42 Å². The maximum Gasteiger partial charge on any atom is 0.397 e. The van der Waals surface area contributed by atoms with Gasteiger partial charge in [0.25, 0.3) is 0 Å². The molecule has 0 aromatic carbocycles. The molecule has 0 amide bonds. The number of aliphatic hydroxyl groups is 6. The molecule has 0 radical (unpaired) electrons. The number of rotatable bonds is 50. The molecule has 0 spiro atoms. The third-order valence-corrected chi connectivity index (χ3v) is 17.7. The highest BCUT2D eigenvalue weighted by atomic mass is 32.3. The van der Waals surface area contributed by atoms with Crippen LogP contribution in [0.1, 0.15) is 280 Å². The Morgan fingerprint density at radius 2 is 0.854 bits per heavy atom. The van der Waals surface area contributed by atoms with Gasteiger partial charge in [0.15, 0.2) is 24.6 Å². The molecule has 0 bridgehead atoms. The van der Waals surface area contributed by atoms with E-state index in [0.29, 0.717) is 30.6 Å². The molecule has 0 aromatic rings. The molecule has 2 saturated heterocycles. The Morgan fingerprint density at radius 3 is 1.28 bits per heavy atom. The van der Waals surface area contributed by atoms with Crippen molar-refractivity contribution in [3.8, 4) is 0 Å². The zero-order valence-corrected chi connectivity index (χ0v) is 53.4. The van der Waals surface area contributed by atoms with Crippen LogP contribution in [0.3, 0.4) is 0 Å². The maximum atomic E-state index is 14.0. The van der Waals surface area contributed by atoms with Crippen molar-refractivity contribution in [2.45, 2.75) is 348 Å². The highest BCUT2D eigenvalue weighted by Gasteiger charge is 2.55. The second-order valence-electron chi connectivity index (χ2n) is 25.7. The van der Waals surface area contributed by atoms with Crippen LogP contribution >= 0.6 is 0 Å². The summed E-state index contributed by atoms with van der Waals surface area (Å²) in [5.74, 6) is -0.543. The molecule has 0 aromatic heterocycles. The average Bonchev–Trinajstić information content (AvgIpc) is 3.58. The van der Waals surface area contributed by atoms with Crippen LogP contribution in [0.2, 0.25) is 0 Å². The van der Waals surface area contributed by atoms with Crippen molar-refractivity contribution in [2.24, 2.45) is 35.5 Å². The Balaban J connectivity index is 2.00. The lowest BCUT2D eigenvalue weighted by Crippen LogP contribution is -2.65. The first-order valence-corrected chi connectivity index (χ1v) is 34.5. The molecule has 0 saturated carbocycles. The quantitative estimate of drug-likeness (QED) is 0.0170. The van der Waals surface area contributed by atoms with Crippen molar-refractivity contribution in [3.05, 3.63) is 0 Å². The lowest BCUT2D eigenvalue weighted by molar-refractivity contribution is -0.374.